The largest absolute Gasteiger partial charge is 0.478 e. The van der Waals surface area contributed by atoms with Crippen molar-refractivity contribution in [1.82, 2.24) is 50.2 Å². The molecular formula is C59H48N10O8. The van der Waals surface area contributed by atoms with E-state index >= 15 is 0 Å². The number of hydrogen-bond donors (Lipinski definition) is 1. The maximum Gasteiger partial charge on any atom is 0.340 e. The summed E-state index contributed by atoms with van der Waals surface area (Å²) in [6, 6.07) is 62.8. The van der Waals surface area contributed by atoms with Crippen LogP contribution in [0.5, 0.6) is 23.0 Å². The van der Waals surface area contributed by atoms with E-state index in [1.165, 1.54) is 47.3 Å². The van der Waals surface area contributed by atoms with E-state index in [9.17, 15) is 24.3 Å². The summed E-state index contributed by atoms with van der Waals surface area (Å²) in [5, 5.41) is 31.8. The highest BCUT2D eigenvalue weighted by Crippen LogP contribution is 2.26. The third-order valence-corrected chi connectivity index (χ3v) is 11.9. The summed E-state index contributed by atoms with van der Waals surface area (Å²) in [6.07, 6.45) is 2.67. The number of amides is 2. The molecule has 0 aliphatic rings. The number of methoxy groups -OCH3 is 1. The molecule has 0 radical (unpaired) electrons. The zero-order valence-corrected chi connectivity index (χ0v) is 41.4. The quantitative estimate of drug-likeness (QED) is 0.0793. The van der Waals surface area contributed by atoms with Crippen LogP contribution in [0.25, 0.3) is 11.4 Å². The third kappa shape index (κ3) is 13.5. The van der Waals surface area contributed by atoms with Crippen LogP contribution in [-0.2, 0) is 30.9 Å². The Labute approximate surface area is 442 Å². The van der Waals surface area contributed by atoms with Gasteiger partial charge in [0.05, 0.1) is 29.6 Å². The fourth-order valence-electron chi connectivity index (χ4n) is 8.11. The van der Waals surface area contributed by atoms with Gasteiger partial charge >= 0.3 is 11.9 Å². The summed E-state index contributed by atoms with van der Waals surface area (Å²) in [5.74, 6) is 0.545. The van der Waals surface area contributed by atoms with Crippen LogP contribution in [0, 0.1) is 0 Å². The summed E-state index contributed by atoms with van der Waals surface area (Å²) in [6.45, 7) is 1.39. The average Bonchev–Trinajstić information content (AvgIpc) is 4.24. The summed E-state index contributed by atoms with van der Waals surface area (Å²) >= 11 is 0. The van der Waals surface area contributed by atoms with E-state index in [0.717, 1.165) is 33.8 Å². The average molecular weight is 1030 g/mol. The number of para-hydroxylation sites is 2. The molecule has 0 aliphatic heterocycles. The van der Waals surface area contributed by atoms with Crippen LogP contribution in [0.3, 0.4) is 0 Å². The molecule has 0 spiro atoms. The number of carbonyl (C=O) groups is 4. The molecular weight excluding hydrogens is 977 g/mol. The molecule has 10 rings (SSSR count). The van der Waals surface area contributed by atoms with Crippen LogP contribution in [0.15, 0.2) is 219 Å². The first kappa shape index (κ1) is 51.3. The predicted octanol–water partition coefficient (Wildman–Crippen LogP) is 10.1. The summed E-state index contributed by atoms with van der Waals surface area (Å²) in [4.78, 5) is 55.5. The molecule has 382 valence electrons. The van der Waals surface area contributed by atoms with E-state index in [0.29, 0.717) is 48.9 Å². The van der Waals surface area contributed by atoms with Crippen molar-refractivity contribution < 1.29 is 38.5 Å². The molecule has 0 unspecified atom stereocenters. The van der Waals surface area contributed by atoms with Crippen LogP contribution in [0.1, 0.15) is 63.7 Å². The van der Waals surface area contributed by atoms with Gasteiger partial charge in [-0.15, -0.1) is 10.2 Å². The fraction of sp³-hybridized carbons (Fsp3) is 0.0847. The smallest absolute Gasteiger partial charge is 0.340 e. The minimum atomic E-state index is -1.19. The zero-order valence-electron chi connectivity index (χ0n) is 41.4. The molecule has 18 nitrogen and oxygen atoms in total. The second-order valence-electron chi connectivity index (χ2n) is 17.2. The molecule has 8 aromatic carbocycles. The molecule has 0 fully saturated rings. The first-order valence-electron chi connectivity index (χ1n) is 24.0. The highest BCUT2D eigenvalue weighted by atomic mass is 16.5. The molecule has 1 N–H and O–H groups in total. The molecule has 77 heavy (non-hydrogen) atoms. The first-order valence-corrected chi connectivity index (χ1v) is 24.0. The fourth-order valence-corrected chi connectivity index (χ4v) is 8.11. The molecule has 0 bridgehead atoms. The van der Waals surface area contributed by atoms with Gasteiger partial charge < -0.3 is 29.1 Å². The summed E-state index contributed by atoms with van der Waals surface area (Å²) < 4.78 is 19.3. The lowest BCUT2D eigenvalue weighted by Crippen LogP contribution is -2.30. The number of carbonyl (C=O) groups excluding carboxylic acids is 3. The number of rotatable bonds is 18. The number of carboxylic acids is 1. The van der Waals surface area contributed by atoms with E-state index in [1.54, 1.807) is 28.0 Å². The number of esters is 1. The van der Waals surface area contributed by atoms with E-state index < -0.39 is 11.9 Å². The summed E-state index contributed by atoms with van der Waals surface area (Å²) in [7, 11) is 1.28. The molecule has 0 saturated carbocycles. The van der Waals surface area contributed by atoms with E-state index in [1.807, 2.05) is 170 Å². The van der Waals surface area contributed by atoms with Crippen molar-refractivity contribution in [2.45, 2.75) is 26.2 Å². The summed E-state index contributed by atoms with van der Waals surface area (Å²) in [5.41, 5.74) is 5.13. The van der Waals surface area contributed by atoms with Crippen LogP contribution in [0.4, 0.5) is 0 Å². The number of hydrogen-bond acceptors (Lipinski definition) is 13. The van der Waals surface area contributed by atoms with Crippen molar-refractivity contribution in [3.05, 3.63) is 263 Å². The predicted molar refractivity (Wildman–Crippen MR) is 283 cm³/mol. The number of nitrogens with zero attached hydrogens (tertiary/aromatic N) is 10. The number of carboxylic acid groups (broad SMARTS) is 1. The number of aromatic carboxylic acids is 1. The van der Waals surface area contributed by atoms with Gasteiger partial charge in [-0.1, -0.05) is 121 Å². The Morgan fingerprint density at radius 2 is 0.792 bits per heavy atom. The van der Waals surface area contributed by atoms with Crippen molar-refractivity contribution >= 4 is 23.8 Å². The Hall–Kier alpha value is -10.6. The van der Waals surface area contributed by atoms with Gasteiger partial charge in [-0.2, -0.15) is 9.36 Å². The van der Waals surface area contributed by atoms with Crippen LogP contribution in [0.2, 0.25) is 0 Å². The number of tetrazole rings is 2. The monoisotopic (exact) mass is 1020 g/mol. The molecule has 2 heterocycles. The Morgan fingerprint density at radius 3 is 1.16 bits per heavy atom. The maximum atomic E-state index is 13.8. The molecule has 10 aromatic rings. The topological polar surface area (TPSA) is 210 Å². The van der Waals surface area contributed by atoms with Gasteiger partial charge in [-0.05, 0) is 128 Å². The lowest BCUT2D eigenvalue weighted by molar-refractivity contribution is 0.0599. The Bertz CT molecular complexity index is 3540. The van der Waals surface area contributed by atoms with Crippen LogP contribution in [-0.4, -0.2) is 86.2 Å². The Morgan fingerprint density at radius 1 is 0.442 bits per heavy atom. The normalized spacial score (nSPS) is 10.6. The first-order chi connectivity index (χ1) is 37.7. The SMILES string of the molecule is COC(=O)c1cc(C(=O)N(Cc2ccccc2)Cc2ccc(Oc3ccccc3)cc2)ccc1-n1cnnn1.O=C(O)c1cc(C(=O)N(Cc2ccccc2)Cc2ccc(Oc3ccccc3)cc2)ccc1-n1cnnn1. The lowest BCUT2D eigenvalue weighted by atomic mass is 10.1. The molecule has 0 aliphatic carbocycles. The van der Waals surface area contributed by atoms with Crippen molar-refractivity contribution in [2.24, 2.45) is 0 Å². The second-order valence-corrected chi connectivity index (χ2v) is 17.2. The Kier molecular flexibility index (Phi) is 16.6. The zero-order chi connectivity index (χ0) is 53.3. The van der Waals surface area contributed by atoms with Crippen LogP contribution < -0.4 is 9.47 Å². The van der Waals surface area contributed by atoms with Gasteiger partial charge in [-0.3, -0.25) is 9.59 Å². The Balaban J connectivity index is 0.000000188. The van der Waals surface area contributed by atoms with E-state index in [4.69, 9.17) is 14.2 Å². The van der Waals surface area contributed by atoms with Gasteiger partial charge in [0.25, 0.3) is 11.8 Å². The molecule has 2 amide bonds. The standard InChI is InChI=1S/C30H25N5O4.C29H23N5O4/c1-38-30(37)27-18-24(14-17-28(27)35-21-31-32-33-35)29(36)34(19-22-8-4-2-5-9-22)20-23-12-15-26(16-13-23)39-25-10-6-3-7-11-25;35-28(23-13-16-27(26(17-23)29(36)37)34-20-30-31-32-34)33(18-21-7-3-1-4-8-21)19-22-11-14-25(15-12-22)38-24-9-5-2-6-10-24/h2-18,21H,19-20H2,1H3;1-17,20H,18-19H2,(H,36,37). The van der Waals surface area contributed by atoms with Gasteiger partial charge in [0.2, 0.25) is 0 Å². The molecule has 0 atom stereocenters. The molecule has 2 aromatic heterocycles. The minimum absolute atomic E-state index is 0.0785. The van der Waals surface area contributed by atoms with Gasteiger partial charge in [0.1, 0.15) is 35.7 Å². The minimum Gasteiger partial charge on any atom is -0.478 e. The highest BCUT2D eigenvalue weighted by Gasteiger charge is 2.24. The van der Waals surface area contributed by atoms with Crippen molar-refractivity contribution in [1.29, 1.82) is 0 Å². The molecule has 18 heteroatoms. The van der Waals surface area contributed by atoms with E-state index in [2.05, 4.69) is 31.1 Å². The third-order valence-electron chi connectivity index (χ3n) is 11.9. The van der Waals surface area contributed by atoms with Crippen molar-refractivity contribution in [2.75, 3.05) is 7.11 Å². The van der Waals surface area contributed by atoms with E-state index in [-0.39, 0.29) is 34.2 Å². The van der Waals surface area contributed by atoms with Crippen molar-refractivity contribution in [3.8, 4) is 34.4 Å². The second kappa shape index (κ2) is 24.9. The van der Waals surface area contributed by atoms with Gasteiger partial charge in [0.15, 0.2) is 0 Å². The highest BCUT2D eigenvalue weighted by molar-refractivity contribution is 6.00. The number of ether oxygens (including phenoxy) is 3. The van der Waals surface area contributed by atoms with Crippen molar-refractivity contribution in [3.63, 3.8) is 0 Å². The van der Waals surface area contributed by atoms with Gasteiger partial charge in [-0.25, -0.2) is 9.59 Å². The lowest BCUT2D eigenvalue weighted by Gasteiger charge is -2.24. The van der Waals surface area contributed by atoms with Crippen LogP contribution >= 0.6 is 0 Å². The number of aromatic nitrogens is 8. The number of benzene rings is 8. The maximum absolute atomic E-state index is 13.8. The van der Waals surface area contributed by atoms with Gasteiger partial charge in [0, 0.05) is 37.3 Å². The molecule has 0 saturated heterocycles.